The van der Waals surface area contributed by atoms with Gasteiger partial charge in [-0.1, -0.05) is 42.9 Å². The Kier molecular flexibility index (Phi) is 7.03. The average Bonchev–Trinajstić information content (AvgIpc) is 3.61. The summed E-state index contributed by atoms with van der Waals surface area (Å²) < 4.78 is 12.6. The molecule has 1 fully saturated rings. The van der Waals surface area contributed by atoms with Gasteiger partial charge >= 0.3 is 5.91 Å². The summed E-state index contributed by atoms with van der Waals surface area (Å²) >= 11 is 1.37. The molecule has 2 atom stereocenters. The number of ketones is 1. The Bertz CT molecular complexity index is 1700. The standard InChI is InChI=1S/C33H32N2O5S/c1-5-6-13-39-24-10-7-21(8-11-24)29-27(30(36)22-9-12-25-23(17-22)16-20(4)40-25)31(37)32(38)35(29)33-34-28-19(3)14-18(2)15-26(28)41-33/h7-12,14-15,17,20,29,36H,5-6,13,16H2,1-4H3/b30-27+/t20-,29+/m0/s1. The fourth-order valence-corrected chi connectivity index (χ4v) is 6.78. The van der Waals surface area contributed by atoms with Gasteiger partial charge in [-0.15, -0.1) is 0 Å². The summed E-state index contributed by atoms with van der Waals surface area (Å²) in [6.07, 6.45) is 2.72. The molecule has 8 heteroatoms. The van der Waals surface area contributed by atoms with Crippen molar-refractivity contribution >= 4 is 44.1 Å². The third kappa shape index (κ3) is 4.86. The lowest BCUT2D eigenvalue weighted by atomic mass is 9.94. The summed E-state index contributed by atoms with van der Waals surface area (Å²) in [5, 5.41) is 12.0. The molecule has 6 rings (SSSR count). The van der Waals surface area contributed by atoms with Gasteiger partial charge in [-0.25, -0.2) is 4.98 Å². The van der Waals surface area contributed by atoms with Crippen LogP contribution in [-0.4, -0.2) is 34.5 Å². The number of ether oxygens (including phenoxy) is 2. The Morgan fingerprint density at radius 3 is 2.66 bits per heavy atom. The van der Waals surface area contributed by atoms with E-state index in [1.165, 1.54) is 16.2 Å². The molecule has 1 aromatic heterocycles. The summed E-state index contributed by atoms with van der Waals surface area (Å²) in [6, 6.07) is 16.0. The second-order valence-electron chi connectivity index (χ2n) is 10.8. The molecular formula is C33H32N2O5S. The molecule has 41 heavy (non-hydrogen) atoms. The van der Waals surface area contributed by atoms with Crippen LogP contribution in [0, 0.1) is 13.8 Å². The van der Waals surface area contributed by atoms with Gasteiger partial charge < -0.3 is 14.6 Å². The highest BCUT2D eigenvalue weighted by atomic mass is 32.1. The molecule has 0 saturated carbocycles. The first kappa shape index (κ1) is 27.0. The van der Waals surface area contributed by atoms with E-state index in [0.29, 0.717) is 35.0 Å². The predicted molar refractivity (Wildman–Crippen MR) is 161 cm³/mol. The smallest absolute Gasteiger partial charge is 0.301 e. The van der Waals surface area contributed by atoms with E-state index < -0.39 is 17.7 Å². The van der Waals surface area contributed by atoms with Crippen molar-refractivity contribution in [1.29, 1.82) is 0 Å². The Morgan fingerprint density at radius 2 is 1.90 bits per heavy atom. The molecule has 3 aromatic carbocycles. The van der Waals surface area contributed by atoms with Crippen molar-refractivity contribution < 1.29 is 24.2 Å². The minimum atomic E-state index is -0.856. The first-order valence-electron chi connectivity index (χ1n) is 14.0. The lowest BCUT2D eigenvalue weighted by Gasteiger charge is -2.23. The molecule has 7 nitrogen and oxygen atoms in total. The minimum absolute atomic E-state index is 0.0359. The highest BCUT2D eigenvalue weighted by Crippen LogP contribution is 2.45. The van der Waals surface area contributed by atoms with E-state index in [2.05, 4.69) is 6.92 Å². The zero-order valence-corrected chi connectivity index (χ0v) is 24.4. The summed E-state index contributed by atoms with van der Waals surface area (Å²) in [7, 11) is 0. The molecule has 0 bridgehead atoms. The number of thiazole rings is 1. The van der Waals surface area contributed by atoms with Crippen LogP contribution in [0.25, 0.3) is 16.0 Å². The summed E-state index contributed by atoms with van der Waals surface area (Å²) in [5.41, 5.74) is 5.03. The summed E-state index contributed by atoms with van der Waals surface area (Å²) in [6.45, 7) is 8.71. The van der Waals surface area contributed by atoms with Crippen LogP contribution in [0.15, 0.2) is 60.2 Å². The van der Waals surface area contributed by atoms with Gasteiger partial charge in [-0.05, 0) is 85.8 Å². The van der Waals surface area contributed by atoms with E-state index in [4.69, 9.17) is 14.5 Å². The molecule has 4 aromatic rings. The number of hydrogen-bond donors (Lipinski definition) is 1. The highest BCUT2D eigenvalue weighted by Gasteiger charge is 2.48. The number of anilines is 1. The zero-order chi connectivity index (χ0) is 28.8. The van der Waals surface area contributed by atoms with Gasteiger partial charge in [0.15, 0.2) is 5.13 Å². The van der Waals surface area contributed by atoms with Crippen LogP contribution < -0.4 is 14.4 Å². The van der Waals surface area contributed by atoms with Crippen molar-refractivity contribution in [3.05, 3.63) is 88.0 Å². The van der Waals surface area contributed by atoms with Crippen LogP contribution in [0.2, 0.25) is 0 Å². The number of aryl methyl sites for hydroxylation is 2. The number of fused-ring (bicyclic) bond motifs is 2. The number of unbranched alkanes of at least 4 members (excludes halogenated alkanes) is 1. The normalized spacial score (nSPS) is 19.6. The van der Waals surface area contributed by atoms with Crippen molar-refractivity contribution in [3.8, 4) is 11.5 Å². The second kappa shape index (κ2) is 10.7. The Balaban J connectivity index is 1.48. The number of hydrogen-bond acceptors (Lipinski definition) is 7. The molecule has 3 heterocycles. The van der Waals surface area contributed by atoms with Crippen LogP contribution in [0.5, 0.6) is 11.5 Å². The molecule has 0 spiro atoms. The number of nitrogens with zero attached hydrogens (tertiary/aromatic N) is 2. The van der Waals surface area contributed by atoms with Gasteiger partial charge in [0.1, 0.15) is 23.4 Å². The molecular weight excluding hydrogens is 536 g/mol. The molecule has 0 aliphatic carbocycles. The van der Waals surface area contributed by atoms with Gasteiger partial charge in [0.2, 0.25) is 0 Å². The average molecular weight is 569 g/mol. The number of carbonyl (C=O) groups excluding carboxylic acids is 2. The Labute approximate surface area is 243 Å². The zero-order valence-electron chi connectivity index (χ0n) is 23.6. The van der Waals surface area contributed by atoms with Gasteiger partial charge in [0.05, 0.1) is 28.4 Å². The quantitative estimate of drug-likeness (QED) is 0.111. The summed E-state index contributed by atoms with van der Waals surface area (Å²) in [5.74, 6) is -0.197. The lowest BCUT2D eigenvalue weighted by molar-refractivity contribution is -0.132. The van der Waals surface area contributed by atoms with Crippen molar-refractivity contribution in [3.63, 3.8) is 0 Å². The number of Topliss-reactive ketones (excluding diaryl/α,β-unsaturated/α-hetero) is 1. The minimum Gasteiger partial charge on any atom is -0.507 e. The maximum Gasteiger partial charge on any atom is 0.301 e. The second-order valence-corrected chi connectivity index (χ2v) is 11.8. The van der Waals surface area contributed by atoms with Gasteiger partial charge in [0.25, 0.3) is 5.78 Å². The molecule has 210 valence electrons. The fraction of sp³-hybridized carbons (Fsp3) is 0.303. The van der Waals surface area contributed by atoms with Crippen LogP contribution in [0.3, 0.4) is 0 Å². The fourth-order valence-electron chi connectivity index (χ4n) is 5.61. The summed E-state index contributed by atoms with van der Waals surface area (Å²) in [4.78, 5) is 33.6. The van der Waals surface area contributed by atoms with Gasteiger partial charge in [-0.2, -0.15) is 0 Å². The third-order valence-electron chi connectivity index (χ3n) is 7.60. The number of aliphatic hydroxyl groups is 1. The topological polar surface area (TPSA) is 89.0 Å². The van der Waals surface area contributed by atoms with E-state index in [9.17, 15) is 14.7 Å². The molecule has 0 radical (unpaired) electrons. The SMILES string of the molecule is CCCCOc1ccc([C@@H]2/C(=C(\O)c3ccc4c(c3)C[C@H](C)O4)C(=O)C(=O)N2c2nc3c(C)cc(C)cc3s2)cc1. The van der Waals surface area contributed by atoms with Crippen molar-refractivity contribution in [1.82, 2.24) is 4.98 Å². The third-order valence-corrected chi connectivity index (χ3v) is 8.60. The van der Waals surface area contributed by atoms with Crippen molar-refractivity contribution in [2.24, 2.45) is 0 Å². The Morgan fingerprint density at radius 1 is 1.12 bits per heavy atom. The number of aliphatic hydroxyl groups excluding tert-OH is 1. The molecule has 1 saturated heterocycles. The van der Waals surface area contributed by atoms with Gasteiger partial charge in [0, 0.05) is 12.0 Å². The molecule has 2 aliphatic rings. The number of benzene rings is 3. The molecule has 1 N–H and O–H groups in total. The van der Waals surface area contributed by atoms with Crippen LogP contribution in [0.1, 0.15) is 60.5 Å². The van der Waals surface area contributed by atoms with Crippen LogP contribution in [-0.2, 0) is 16.0 Å². The van der Waals surface area contributed by atoms with E-state index >= 15 is 0 Å². The van der Waals surface area contributed by atoms with Crippen LogP contribution in [0.4, 0.5) is 5.13 Å². The maximum absolute atomic E-state index is 13.7. The van der Waals surface area contributed by atoms with E-state index in [1.54, 1.807) is 12.1 Å². The Hall–Kier alpha value is -4.17. The lowest BCUT2D eigenvalue weighted by Crippen LogP contribution is -2.29. The van der Waals surface area contributed by atoms with E-state index in [0.717, 1.165) is 45.5 Å². The molecule has 0 unspecified atom stereocenters. The van der Waals surface area contributed by atoms with E-state index in [-0.39, 0.29) is 17.4 Å². The van der Waals surface area contributed by atoms with Crippen molar-refractivity contribution in [2.75, 3.05) is 11.5 Å². The van der Waals surface area contributed by atoms with Gasteiger partial charge in [-0.3, -0.25) is 14.5 Å². The number of aromatic nitrogens is 1. The molecule has 2 aliphatic heterocycles. The monoisotopic (exact) mass is 568 g/mol. The number of amides is 1. The first-order chi connectivity index (χ1) is 19.7. The highest BCUT2D eigenvalue weighted by molar-refractivity contribution is 7.22. The molecule has 1 amide bonds. The van der Waals surface area contributed by atoms with Crippen LogP contribution >= 0.6 is 11.3 Å². The first-order valence-corrected chi connectivity index (χ1v) is 14.8. The number of rotatable bonds is 7. The van der Waals surface area contributed by atoms with Crippen molar-refractivity contribution in [2.45, 2.75) is 59.1 Å². The number of carbonyl (C=O) groups is 2. The van der Waals surface area contributed by atoms with E-state index in [1.807, 2.05) is 63.2 Å². The largest absolute Gasteiger partial charge is 0.507 e. The predicted octanol–water partition coefficient (Wildman–Crippen LogP) is 7.04. The maximum atomic E-state index is 13.7.